The van der Waals surface area contributed by atoms with Crippen LogP contribution in [-0.2, 0) is 0 Å². The molecule has 0 saturated heterocycles. The van der Waals surface area contributed by atoms with Gasteiger partial charge >= 0.3 is 0 Å². The van der Waals surface area contributed by atoms with E-state index in [9.17, 15) is 13.6 Å². The smallest absolute Gasteiger partial charge is 0.192 e. The van der Waals surface area contributed by atoms with Gasteiger partial charge in [0, 0.05) is 17.8 Å². The van der Waals surface area contributed by atoms with Gasteiger partial charge in [0.05, 0.1) is 10.9 Å². The van der Waals surface area contributed by atoms with E-state index >= 15 is 0 Å². The Bertz CT molecular complexity index is 602. The summed E-state index contributed by atoms with van der Waals surface area (Å²) < 4.78 is 26.4. The molecule has 0 aliphatic rings. The van der Waals surface area contributed by atoms with Crippen molar-refractivity contribution in [2.45, 2.75) is 19.8 Å². The number of hydrogen-bond donors (Lipinski definition) is 1. The van der Waals surface area contributed by atoms with E-state index in [1.165, 1.54) is 6.07 Å². The molecule has 0 bridgehead atoms. The van der Waals surface area contributed by atoms with Crippen LogP contribution in [0.5, 0.6) is 0 Å². The molecule has 0 radical (unpaired) electrons. The van der Waals surface area contributed by atoms with Crippen LogP contribution in [-0.4, -0.2) is 4.98 Å². The SMILES string of the molecule is CC(C)c1cc(=O)c2c(F)cc(F)cc2[nH]1. The van der Waals surface area contributed by atoms with E-state index in [0.29, 0.717) is 11.8 Å². The van der Waals surface area contributed by atoms with Crippen LogP contribution in [0.25, 0.3) is 10.9 Å². The molecule has 0 atom stereocenters. The van der Waals surface area contributed by atoms with E-state index in [4.69, 9.17) is 0 Å². The second kappa shape index (κ2) is 3.70. The zero-order chi connectivity index (χ0) is 11.9. The highest BCUT2D eigenvalue weighted by Gasteiger charge is 2.10. The van der Waals surface area contributed by atoms with E-state index in [2.05, 4.69) is 4.98 Å². The molecule has 0 aliphatic heterocycles. The second-order valence-electron chi connectivity index (χ2n) is 4.05. The van der Waals surface area contributed by atoms with Gasteiger partial charge in [-0.3, -0.25) is 4.79 Å². The number of H-pyrrole nitrogens is 1. The third-order valence-electron chi connectivity index (χ3n) is 2.49. The maximum Gasteiger partial charge on any atom is 0.192 e. The first-order chi connectivity index (χ1) is 7.49. The van der Waals surface area contributed by atoms with Crippen molar-refractivity contribution in [3.63, 3.8) is 0 Å². The van der Waals surface area contributed by atoms with Crippen LogP contribution < -0.4 is 5.43 Å². The van der Waals surface area contributed by atoms with Gasteiger partial charge in [0.25, 0.3) is 0 Å². The number of halogens is 2. The van der Waals surface area contributed by atoms with E-state index < -0.39 is 17.1 Å². The monoisotopic (exact) mass is 223 g/mol. The normalized spacial score (nSPS) is 11.3. The quantitative estimate of drug-likeness (QED) is 0.792. The third-order valence-corrected chi connectivity index (χ3v) is 2.49. The van der Waals surface area contributed by atoms with Crippen molar-refractivity contribution in [2.24, 2.45) is 0 Å². The molecule has 2 nitrogen and oxygen atoms in total. The van der Waals surface area contributed by atoms with Crippen LogP contribution in [0, 0.1) is 11.6 Å². The average Bonchev–Trinajstić information content (AvgIpc) is 2.15. The first kappa shape index (κ1) is 10.8. The topological polar surface area (TPSA) is 32.9 Å². The standard InChI is InChI=1S/C12H11F2NO/c1-6(2)9-5-11(16)12-8(14)3-7(13)4-10(12)15-9/h3-6H,1-2H3,(H,15,16). The Hall–Kier alpha value is -1.71. The summed E-state index contributed by atoms with van der Waals surface area (Å²) >= 11 is 0. The van der Waals surface area contributed by atoms with Gasteiger partial charge in [0.2, 0.25) is 0 Å². The highest BCUT2D eigenvalue weighted by Crippen LogP contribution is 2.17. The van der Waals surface area contributed by atoms with Gasteiger partial charge in [0.1, 0.15) is 11.6 Å². The lowest BCUT2D eigenvalue weighted by molar-refractivity contribution is 0.591. The Morgan fingerprint density at radius 3 is 2.50 bits per heavy atom. The summed E-state index contributed by atoms with van der Waals surface area (Å²) in [6.45, 7) is 3.79. The molecule has 84 valence electrons. The van der Waals surface area contributed by atoms with Crippen LogP contribution in [0.1, 0.15) is 25.5 Å². The lowest BCUT2D eigenvalue weighted by Crippen LogP contribution is -2.08. The number of rotatable bonds is 1. The number of nitrogens with one attached hydrogen (secondary N) is 1. The molecule has 16 heavy (non-hydrogen) atoms. The molecule has 1 aromatic carbocycles. The summed E-state index contributed by atoms with van der Waals surface area (Å²) in [4.78, 5) is 14.5. The Morgan fingerprint density at radius 1 is 1.19 bits per heavy atom. The molecule has 0 aliphatic carbocycles. The van der Waals surface area contributed by atoms with E-state index in [1.807, 2.05) is 13.8 Å². The molecule has 0 amide bonds. The largest absolute Gasteiger partial charge is 0.358 e. The van der Waals surface area contributed by atoms with Gasteiger partial charge in [-0.15, -0.1) is 0 Å². The minimum Gasteiger partial charge on any atom is -0.358 e. The van der Waals surface area contributed by atoms with Crippen molar-refractivity contribution < 1.29 is 8.78 Å². The van der Waals surface area contributed by atoms with Crippen molar-refractivity contribution >= 4 is 10.9 Å². The molecule has 4 heteroatoms. The van der Waals surface area contributed by atoms with Crippen LogP contribution in [0.3, 0.4) is 0 Å². The number of fused-ring (bicyclic) bond motifs is 1. The highest BCUT2D eigenvalue weighted by atomic mass is 19.1. The molecule has 2 rings (SSSR count). The van der Waals surface area contributed by atoms with Crippen molar-refractivity contribution in [3.8, 4) is 0 Å². The Kier molecular flexibility index (Phi) is 2.50. The predicted molar refractivity (Wildman–Crippen MR) is 58.6 cm³/mol. The van der Waals surface area contributed by atoms with Crippen LogP contribution in [0.4, 0.5) is 8.78 Å². The van der Waals surface area contributed by atoms with Gasteiger partial charge in [-0.2, -0.15) is 0 Å². The first-order valence-electron chi connectivity index (χ1n) is 5.01. The zero-order valence-electron chi connectivity index (χ0n) is 8.97. The van der Waals surface area contributed by atoms with E-state index in [-0.39, 0.29) is 16.8 Å². The Labute approximate surface area is 90.9 Å². The molecule has 0 fully saturated rings. The predicted octanol–water partition coefficient (Wildman–Crippen LogP) is 2.93. The molecule has 0 spiro atoms. The zero-order valence-corrected chi connectivity index (χ0v) is 8.97. The second-order valence-corrected chi connectivity index (χ2v) is 4.05. The molecular formula is C12H11F2NO. The third kappa shape index (κ3) is 1.71. The number of benzene rings is 1. The van der Waals surface area contributed by atoms with Gasteiger partial charge in [-0.05, 0) is 12.0 Å². The summed E-state index contributed by atoms with van der Waals surface area (Å²) in [5, 5.41) is -0.0919. The minimum absolute atomic E-state index is 0.0919. The summed E-state index contributed by atoms with van der Waals surface area (Å²) in [5.74, 6) is -1.42. The van der Waals surface area contributed by atoms with Gasteiger partial charge in [-0.1, -0.05) is 13.8 Å². The maximum atomic E-state index is 13.4. The lowest BCUT2D eigenvalue weighted by Gasteiger charge is -2.07. The minimum atomic E-state index is -0.827. The number of hydrogen-bond acceptors (Lipinski definition) is 1. The van der Waals surface area contributed by atoms with E-state index in [0.717, 1.165) is 6.07 Å². The first-order valence-corrected chi connectivity index (χ1v) is 5.01. The van der Waals surface area contributed by atoms with Crippen molar-refractivity contribution in [3.05, 3.63) is 45.8 Å². The van der Waals surface area contributed by atoms with Crippen LogP contribution in [0.15, 0.2) is 23.0 Å². The summed E-state index contributed by atoms with van der Waals surface area (Å²) in [6, 6.07) is 3.20. The number of pyridine rings is 1. The highest BCUT2D eigenvalue weighted by molar-refractivity contribution is 5.79. The van der Waals surface area contributed by atoms with Gasteiger partial charge in [-0.25, -0.2) is 8.78 Å². The van der Waals surface area contributed by atoms with Crippen molar-refractivity contribution in [1.82, 2.24) is 4.98 Å². The fraction of sp³-hybridized carbons (Fsp3) is 0.250. The lowest BCUT2D eigenvalue weighted by atomic mass is 10.1. The maximum absolute atomic E-state index is 13.4. The summed E-state index contributed by atoms with van der Waals surface area (Å²) in [6.07, 6.45) is 0. The molecule has 1 N–H and O–H groups in total. The molecule has 1 aromatic heterocycles. The van der Waals surface area contributed by atoms with Crippen LogP contribution in [0.2, 0.25) is 0 Å². The molecule has 1 heterocycles. The molecule has 0 unspecified atom stereocenters. The van der Waals surface area contributed by atoms with Gasteiger partial charge < -0.3 is 4.98 Å². The number of aromatic nitrogens is 1. The molecule has 2 aromatic rings. The van der Waals surface area contributed by atoms with Gasteiger partial charge in [0.15, 0.2) is 5.43 Å². The molecular weight excluding hydrogens is 212 g/mol. The van der Waals surface area contributed by atoms with E-state index in [1.54, 1.807) is 0 Å². The van der Waals surface area contributed by atoms with Crippen molar-refractivity contribution in [1.29, 1.82) is 0 Å². The Balaban J connectivity index is 2.87. The van der Waals surface area contributed by atoms with Crippen molar-refractivity contribution in [2.75, 3.05) is 0 Å². The molecule has 0 saturated carbocycles. The average molecular weight is 223 g/mol. The summed E-state index contributed by atoms with van der Waals surface area (Å²) in [5.41, 5.74) is 0.450. The Morgan fingerprint density at radius 2 is 1.88 bits per heavy atom. The fourth-order valence-corrected chi connectivity index (χ4v) is 1.64. The van der Waals surface area contributed by atoms with Crippen LogP contribution >= 0.6 is 0 Å². The summed E-state index contributed by atoms with van der Waals surface area (Å²) in [7, 11) is 0. The fourth-order valence-electron chi connectivity index (χ4n) is 1.64. The number of aromatic amines is 1.